The minimum absolute atomic E-state index is 0.184. The summed E-state index contributed by atoms with van der Waals surface area (Å²) in [5.74, 6) is 0.575. The molecule has 1 aromatic heterocycles. The molecule has 1 saturated heterocycles. The van der Waals surface area contributed by atoms with Crippen molar-refractivity contribution < 1.29 is 32.2 Å². The van der Waals surface area contributed by atoms with Gasteiger partial charge in [0.25, 0.3) is 0 Å². The van der Waals surface area contributed by atoms with Crippen molar-refractivity contribution in [3.8, 4) is 0 Å². The SMILES string of the molecule is CC1OCC2(Cc3nc(S(C)(=O)=O)nc(N4CCCOCC4)c3CO2)c2cc(NC(=O)OC(C)(C)C)ccc21. The summed E-state index contributed by atoms with van der Waals surface area (Å²) in [6.45, 7) is 10.3. The van der Waals surface area contributed by atoms with Crippen LogP contribution in [0.25, 0.3) is 0 Å². The highest BCUT2D eigenvalue weighted by molar-refractivity contribution is 7.90. The van der Waals surface area contributed by atoms with E-state index in [1.54, 1.807) is 20.8 Å². The Bertz CT molecular complexity index is 1370. The van der Waals surface area contributed by atoms with E-state index < -0.39 is 27.1 Å². The zero-order chi connectivity index (χ0) is 28.0. The molecule has 39 heavy (non-hydrogen) atoms. The minimum Gasteiger partial charge on any atom is -0.444 e. The molecule has 1 fully saturated rings. The summed E-state index contributed by atoms with van der Waals surface area (Å²) in [7, 11) is -3.67. The molecule has 1 spiro atoms. The van der Waals surface area contributed by atoms with Crippen LogP contribution in [0.2, 0.25) is 0 Å². The fraction of sp³-hybridized carbons (Fsp3) is 0.593. The van der Waals surface area contributed by atoms with E-state index in [4.69, 9.17) is 18.9 Å². The van der Waals surface area contributed by atoms with Crippen LogP contribution in [0, 0.1) is 0 Å². The van der Waals surface area contributed by atoms with Crippen LogP contribution in [-0.2, 0) is 47.4 Å². The lowest BCUT2D eigenvalue weighted by molar-refractivity contribution is -0.148. The first-order valence-electron chi connectivity index (χ1n) is 13.2. The standard InChI is InChI=1S/C27H36N4O7S/c1-17-19-8-7-18(28-25(32)38-26(2,3)4)13-21(19)27(16-36-17)14-22-20(15-37-27)23(30-24(29-22)39(5,33)34)31-9-6-11-35-12-10-31/h7-8,13,17H,6,9-12,14-16H2,1-5H3,(H,28,32). The summed E-state index contributed by atoms with van der Waals surface area (Å²) in [5, 5.41) is 2.61. The van der Waals surface area contributed by atoms with Crippen LogP contribution in [0.4, 0.5) is 16.3 Å². The Morgan fingerprint density at radius 3 is 2.74 bits per heavy atom. The molecule has 0 bridgehead atoms. The quantitative estimate of drug-likeness (QED) is 0.557. The zero-order valence-corrected chi connectivity index (χ0v) is 23.9. The van der Waals surface area contributed by atoms with E-state index in [0.29, 0.717) is 49.9 Å². The number of amides is 1. The van der Waals surface area contributed by atoms with E-state index >= 15 is 0 Å². The molecule has 2 atom stereocenters. The summed E-state index contributed by atoms with van der Waals surface area (Å²) in [6.07, 6.45) is 1.48. The van der Waals surface area contributed by atoms with Gasteiger partial charge >= 0.3 is 6.09 Å². The van der Waals surface area contributed by atoms with Crippen LogP contribution in [0.1, 0.15) is 62.6 Å². The van der Waals surface area contributed by atoms with E-state index in [1.807, 2.05) is 25.1 Å². The van der Waals surface area contributed by atoms with Gasteiger partial charge in [0.15, 0.2) is 0 Å². The average molecular weight is 561 g/mol. The van der Waals surface area contributed by atoms with Gasteiger partial charge in [0.2, 0.25) is 15.0 Å². The van der Waals surface area contributed by atoms with Crippen LogP contribution in [0.3, 0.4) is 0 Å². The van der Waals surface area contributed by atoms with Crippen LogP contribution in [0.15, 0.2) is 23.4 Å². The van der Waals surface area contributed by atoms with Gasteiger partial charge in [-0.25, -0.2) is 23.2 Å². The normalized spacial score (nSPS) is 23.5. The fourth-order valence-corrected chi connectivity index (χ4v) is 5.73. The van der Waals surface area contributed by atoms with Gasteiger partial charge in [-0.3, -0.25) is 5.32 Å². The number of benzene rings is 1. The molecule has 3 aliphatic heterocycles. The van der Waals surface area contributed by atoms with Gasteiger partial charge in [0, 0.05) is 43.6 Å². The second-order valence-electron chi connectivity index (χ2n) is 11.3. The first-order valence-corrected chi connectivity index (χ1v) is 15.1. The molecule has 11 nitrogen and oxygen atoms in total. The van der Waals surface area contributed by atoms with Crippen LogP contribution in [0.5, 0.6) is 0 Å². The lowest BCUT2D eigenvalue weighted by Crippen LogP contribution is -2.45. The molecule has 0 aliphatic carbocycles. The number of carbonyl (C=O) groups is 1. The first-order chi connectivity index (χ1) is 18.3. The van der Waals surface area contributed by atoms with Crippen molar-refractivity contribution in [3.05, 3.63) is 40.6 Å². The third-order valence-corrected chi connectivity index (χ3v) is 7.89. The van der Waals surface area contributed by atoms with Gasteiger partial charge in [0.05, 0.1) is 31.6 Å². The Balaban J connectivity index is 1.54. The predicted octanol–water partition coefficient (Wildman–Crippen LogP) is 3.51. The average Bonchev–Trinajstić information content (AvgIpc) is 3.14. The molecular weight excluding hydrogens is 524 g/mol. The van der Waals surface area contributed by atoms with E-state index in [1.165, 1.54) is 0 Å². The number of hydrogen-bond donors (Lipinski definition) is 1. The predicted molar refractivity (Wildman–Crippen MR) is 144 cm³/mol. The summed E-state index contributed by atoms with van der Waals surface area (Å²) in [6, 6.07) is 5.61. The number of fused-ring (bicyclic) bond motifs is 3. The van der Waals surface area contributed by atoms with Crippen molar-refractivity contribution >= 4 is 27.4 Å². The molecule has 212 valence electrons. The Morgan fingerprint density at radius 2 is 2.00 bits per heavy atom. The summed E-state index contributed by atoms with van der Waals surface area (Å²) in [5.41, 5.74) is 2.21. The molecule has 1 aromatic carbocycles. The number of aromatic nitrogens is 2. The van der Waals surface area contributed by atoms with Crippen molar-refractivity contribution in [3.63, 3.8) is 0 Å². The number of carbonyl (C=O) groups excluding carboxylic acids is 1. The Hall–Kier alpha value is -2.80. The first kappa shape index (κ1) is 27.8. The monoisotopic (exact) mass is 560 g/mol. The second-order valence-corrected chi connectivity index (χ2v) is 13.2. The van der Waals surface area contributed by atoms with E-state index in [-0.39, 0.29) is 24.5 Å². The molecule has 0 radical (unpaired) electrons. The zero-order valence-electron chi connectivity index (χ0n) is 23.1. The Kier molecular flexibility index (Phi) is 7.34. The van der Waals surface area contributed by atoms with Crippen molar-refractivity contribution in [1.82, 2.24) is 9.97 Å². The Morgan fingerprint density at radius 1 is 1.21 bits per heavy atom. The largest absolute Gasteiger partial charge is 0.444 e. The molecule has 2 aromatic rings. The van der Waals surface area contributed by atoms with Crippen LogP contribution in [-0.4, -0.2) is 69.2 Å². The van der Waals surface area contributed by atoms with Gasteiger partial charge in [0.1, 0.15) is 17.0 Å². The Labute approximate surface area is 229 Å². The molecule has 2 unspecified atom stereocenters. The summed E-state index contributed by atoms with van der Waals surface area (Å²) in [4.78, 5) is 23.5. The third kappa shape index (κ3) is 5.88. The summed E-state index contributed by atoms with van der Waals surface area (Å²) < 4.78 is 48.9. The number of rotatable bonds is 3. The van der Waals surface area contributed by atoms with Crippen LogP contribution >= 0.6 is 0 Å². The smallest absolute Gasteiger partial charge is 0.412 e. The molecule has 0 saturated carbocycles. The van der Waals surface area contributed by atoms with E-state index in [9.17, 15) is 13.2 Å². The van der Waals surface area contributed by atoms with Crippen molar-refractivity contribution in [2.45, 2.75) is 69.6 Å². The maximum absolute atomic E-state index is 12.6. The summed E-state index contributed by atoms with van der Waals surface area (Å²) >= 11 is 0. The van der Waals surface area contributed by atoms with Gasteiger partial charge in [-0.2, -0.15) is 0 Å². The molecular formula is C27H36N4O7S. The molecule has 5 rings (SSSR count). The van der Waals surface area contributed by atoms with Crippen molar-refractivity contribution in [2.75, 3.05) is 49.4 Å². The lowest BCUT2D eigenvalue weighted by atomic mass is 9.80. The number of hydrogen-bond acceptors (Lipinski definition) is 10. The highest BCUT2D eigenvalue weighted by Gasteiger charge is 2.45. The van der Waals surface area contributed by atoms with Crippen LogP contribution < -0.4 is 10.2 Å². The van der Waals surface area contributed by atoms with Gasteiger partial charge in [-0.15, -0.1) is 0 Å². The van der Waals surface area contributed by atoms with Crippen molar-refractivity contribution in [2.24, 2.45) is 0 Å². The fourth-order valence-electron chi connectivity index (χ4n) is 5.20. The molecule has 1 N–H and O–H groups in total. The highest BCUT2D eigenvalue weighted by Crippen LogP contribution is 2.46. The number of ether oxygens (including phenoxy) is 4. The molecule has 3 aliphatic rings. The second kappa shape index (κ2) is 10.3. The number of nitrogens with one attached hydrogen (secondary N) is 1. The molecule has 1 amide bonds. The van der Waals surface area contributed by atoms with Gasteiger partial charge in [-0.05, 0) is 57.4 Å². The van der Waals surface area contributed by atoms with E-state index in [2.05, 4.69) is 20.2 Å². The topological polar surface area (TPSA) is 129 Å². The van der Waals surface area contributed by atoms with Crippen molar-refractivity contribution in [1.29, 1.82) is 0 Å². The number of sulfone groups is 1. The molecule has 4 heterocycles. The van der Waals surface area contributed by atoms with E-state index in [0.717, 1.165) is 29.4 Å². The number of anilines is 2. The molecule has 12 heteroatoms. The lowest BCUT2D eigenvalue weighted by Gasteiger charge is -2.44. The number of nitrogens with zero attached hydrogens (tertiary/aromatic N) is 3. The van der Waals surface area contributed by atoms with Gasteiger partial charge < -0.3 is 23.8 Å². The maximum atomic E-state index is 12.6. The van der Waals surface area contributed by atoms with Gasteiger partial charge in [-0.1, -0.05) is 6.07 Å². The highest BCUT2D eigenvalue weighted by atomic mass is 32.2. The third-order valence-electron chi connectivity index (χ3n) is 7.04. The minimum atomic E-state index is -3.67. The maximum Gasteiger partial charge on any atom is 0.412 e.